The molecule has 2 aromatic rings. The number of hydrogen-bond acceptors (Lipinski definition) is 5. The minimum absolute atomic E-state index is 0.202. The highest BCUT2D eigenvalue weighted by molar-refractivity contribution is 8.00. The molecular formula is C22H27N2O4S+. The van der Waals surface area contributed by atoms with Crippen molar-refractivity contribution in [3.8, 4) is 17.2 Å². The van der Waals surface area contributed by atoms with E-state index in [1.54, 1.807) is 18.9 Å². The van der Waals surface area contributed by atoms with Gasteiger partial charge in [0.2, 0.25) is 5.91 Å². The van der Waals surface area contributed by atoms with Gasteiger partial charge in [-0.15, -0.1) is 11.8 Å². The molecule has 0 saturated carbocycles. The number of rotatable bonds is 6. The molecule has 1 saturated heterocycles. The largest absolute Gasteiger partial charge is 0.497 e. The molecule has 1 amide bonds. The zero-order valence-corrected chi connectivity index (χ0v) is 17.5. The second-order valence-electron chi connectivity index (χ2n) is 7.25. The average molecular weight is 416 g/mol. The van der Waals surface area contributed by atoms with Gasteiger partial charge in [-0.3, -0.25) is 4.79 Å². The van der Waals surface area contributed by atoms with Gasteiger partial charge < -0.3 is 24.0 Å². The highest BCUT2D eigenvalue weighted by atomic mass is 32.2. The van der Waals surface area contributed by atoms with Crippen molar-refractivity contribution in [3.05, 3.63) is 48.0 Å². The molecule has 7 heteroatoms. The molecule has 154 valence electrons. The fourth-order valence-electron chi connectivity index (χ4n) is 3.63. The lowest BCUT2D eigenvalue weighted by Gasteiger charge is -2.32. The number of amides is 1. The zero-order valence-electron chi connectivity index (χ0n) is 16.7. The van der Waals surface area contributed by atoms with Crippen LogP contribution in [-0.2, 0) is 11.3 Å². The van der Waals surface area contributed by atoms with Gasteiger partial charge in [0, 0.05) is 10.5 Å². The number of nitrogens with zero attached hydrogens (tertiary/aromatic N) is 1. The van der Waals surface area contributed by atoms with Crippen LogP contribution >= 0.6 is 11.8 Å². The maximum atomic E-state index is 12.6. The van der Waals surface area contributed by atoms with Crippen molar-refractivity contribution in [1.82, 2.24) is 4.90 Å². The Morgan fingerprint density at radius 1 is 1.07 bits per heavy atom. The van der Waals surface area contributed by atoms with Crippen molar-refractivity contribution in [3.63, 3.8) is 0 Å². The maximum absolute atomic E-state index is 12.6. The summed E-state index contributed by atoms with van der Waals surface area (Å²) < 4.78 is 16.4. The Balaban J connectivity index is 1.22. The average Bonchev–Trinajstić information content (AvgIpc) is 2.78. The Labute approximate surface area is 175 Å². The lowest BCUT2D eigenvalue weighted by Crippen LogP contribution is -3.13. The van der Waals surface area contributed by atoms with E-state index in [4.69, 9.17) is 14.2 Å². The van der Waals surface area contributed by atoms with Crippen molar-refractivity contribution in [2.45, 2.75) is 11.4 Å². The van der Waals surface area contributed by atoms with E-state index in [2.05, 4.69) is 12.1 Å². The first-order valence-electron chi connectivity index (χ1n) is 9.98. The summed E-state index contributed by atoms with van der Waals surface area (Å²) in [5, 5.41) is 0. The molecule has 2 aliphatic rings. The first kappa shape index (κ1) is 19.9. The molecule has 0 spiro atoms. The monoisotopic (exact) mass is 415 g/mol. The fourth-order valence-corrected chi connectivity index (χ4v) is 4.46. The number of nitrogens with one attached hydrogen (secondary N) is 1. The standard InChI is InChI=1S/C22H26N2O4S/c1-26-18-4-2-17(3-5-18)15-23-8-10-24(11-9-23)22(25)16-29-19-6-7-20-21(14-19)28-13-12-27-20/h2-7,14H,8-13,15-16H2,1H3/p+1. The molecule has 2 aromatic carbocycles. The number of ether oxygens (including phenoxy) is 3. The summed E-state index contributed by atoms with van der Waals surface area (Å²) in [7, 11) is 1.68. The second kappa shape index (κ2) is 9.41. The molecule has 0 aliphatic carbocycles. The van der Waals surface area contributed by atoms with Crippen LogP contribution in [-0.4, -0.2) is 63.1 Å². The Hall–Kier alpha value is -2.38. The third kappa shape index (κ3) is 5.16. The van der Waals surface area contributed by atoms with Gasteiger partial charge in [-0.25, -0.2) is 0 Å². The highest BCUT2D eigenvalue weighted by Gasteiger charge is 2.24. The van der Waals surface area contributed by atoms with Crippen LogP contribution in [0.2, 0.25) is 0 Å². The van der Waals surface area contributed by atoms with Crippen LogP contribution in [0.4, 0.5) is 0 Å². The van der Waals surface area contributed by atoms with E-state index < -0.39 is 0 Å². The summed E-state index contributed by atoms with van der Waals surface area (Å²) in [6.45, 7) is 5.72. The van der Waals surface area contributed by atoms with Gasteiger partial charge >= 0.3 is 0 Å². The first-order chi connectivity index (χ1) is 14.2. The molecule has 1 N–H and O–H groups in total. The number of thioether (sulfide) groups is 1. The van der Waals surface area contributed by atoms with Crippen LogP contribution in [0.15, 0.2) is 47.4 Å². The first-order valence-corrected chi connectivity index (χ1v) is 11.0. The number of benzene rings is 2. The lowest BCUT2D eigenvalue weighted by molar-refractivity contribution is -0.917. The number of methoxy groups -OCH3 is 1. The Morgan fingerprint density at radius 3 is 2.52 bits per heavy atom. The number of piperazine rings is 1. The predicted molar refractivity (Wildman–Crippen MR) is 112 cm³/mol. The molecule has 2 heterocycles. The molecule has 2 aliphatic heterocycles. The summed E-state index contributed by atoms with van der Waals surface area (Å²) in [6, 6.07) is 14.1. The lowest BCUT2D eigenvalue weighted by atomic mass is 10.2. The van der Waals surface area contributed by atoms with Gasteiger partial charge in [-0.2, -0.15) is 0 Å². The van der Waals surface area contributed by atoms with E-state index in [0.29, 0.717) is 19.0 Å². The van der Waals surface area contributed by atoms with E-state index >= 15 is 0 Å². The molecule has 1 fully saturated rings. The number of fused-ring (bicyclic) bond motifs is 1. The Morgan fingerprint density at radius 2 is 1.79 bits per heavy atom. The molecule has 0 radical (unpaired) electrons. The van der Waals surface area contributed by atoms with E-state index in [1.165, 1.54) is 10.5 Å². The maximum Gasteiger partial charge on any atom is 0.233 e. The SMILES string of the molecule is COc1ccc(C[NH+]2CCN(C(=O)CSc3ccc4c(c3)OCCO4)CC2)cc1. The third-order valence-electron chi connectivity index (χ3n) is 5.31. The summed E-state index contributed by atoms with van der Waals surface area (Å²) in [4.78, 5) is 17.2. The van der Waals surface area contributed by atoms with Crippen molar-refractivity contribution in [1.29, 1.82) is 0 Å². The number of hydrogen-bond donors (Lipinski definition) is 1. The molecule has 0 aromatic heterocycles. The third-order valence-corrected chi connectivity index (χ3v) is 6.29. The van der Waals surface area contributed by atoms with Crippen LogP contribution in [0.1, 0.15) is 5.56 Å². The van der Waals surface area contributed by atoms with Gasteiger partial charge in [0.15, 0.2) is 11.5 Å². The van der Waals surface area contributed by atoms with Crippen molar-refractivity contribution >= 4 is 17.7 Å². The second-order valence-corrected chi connectivity index (χ2v) is 8.30. The molecule has 6 nitrogen and oxygen atoms in total. The van der Waals surface area contributed by atoms with Crippen molar-refractivity contribution in [2.75, 3.05) is 52.3 Å². The van der Waals surface area contributed by atoms with Gasteiger partial charge in [0.05, 0.1) is 39.0 Å². The highest BCUT2D eigenvalue weighted by Crippen LogP contribution is 2.34. The minimum atomic E-state index is 0.202. The van der Waals surface area contributed by atoms with Gasteiger partial charge in [-0.05, 0) is 42.5 Å². The van der Waals surface area contributed by atoms with E-state index in [1.807, 2.05) is 35.2 Å². The zero-order chi connectivity index (χ0) is 20.1. The van der Waals surface area contributed by atoms with Gasteiger partial charge in [0.25, 0.3) is 0 Å². The quantitative estimate of drug-likeness (QED) is 0.725. The van der Waals surface area contributed by atoms with E-state index in [-0.39, 0.29) is 5.91 Å². The molecule has 0 atom stereocenters. The summed E-state index contributed by atoms with van der Waals surface area (Å²) >= 11 is 1.56. The van der Waals surface area contributed by atoms with Crippen LogP contribution < -0.4 is 19.1 Å². The Bertz CT molecular complexity index is 835. The molecule has 29 heavy (non-hydrogen) atoms. The van der Waals surface area contributed by atoms with Crippen LogP contribution in [0.3, 0.4) is 0 Å². The number of carbonyl (C=O) groups excluding carboxylic acids is 1. The Kier molecular flexibility index (Phi) is 6.46. The summed E-state index contributed by atoms with van der Waals surface area (Å²) in [5.74, 6) is 3.09. The van der Waals surface area contributed by atoms with Crippen LogP contribution in [0, 0.1) is 0 Å². The normalized spacial score (nSPS) is 16.5. The van der Waals surface area contributed by atoms with E-state index in [0.717, 1.165) is 54.9 Å². The summed E-state index contributed by atoms with van der Waals surface area (Å²) in [5.41, 5.74) is 1.30. The number of carbonyl (C=O) groups is 1. The molecule has 0 bridgehead atoms. The number of quaternary nitrogens is 1. The van der Waals surface area contributed by atoms with Gasteiger partial charge in [0.1, 0.15) is 25.5 Å². The molecular weight excluding hydrogens is 388 g/mol. The van der Waals surface area contributed by atoms with Crippen molar-refractivity contribution in [2.24, 2.45) is 0 Å². The topological polar surface area (TPSA) is 52.4 Å². The van der Waals surface area contributed by atoms with Crippen LogP contribution in [0.25, 0.3) is 0 Å². The minimum Gasteiger partial charge on any atom is -0.497 e. The van der Waals surface area contributed by atoms with Crippen molar-refractivity contribution < 1.29 is 23.9 Å². The van der Waals surface area contributed by atoms with E-state index in [9.17, 15) is 4.79 Å². The molecule has 4 rings (SSSR count). The smallest absolute Gasteiger partial charge is 0.233 e. The predicted octanol–water partition coefficient (Wildman–Crippen LogP) is 1.49. The van der Waals surface area contributed by atoms with Gasteiger partial charge in [-0.1, -0.05) is 0 Å². The van der Waals surface area contributed by atoms with Crippen LogP contribution in [0.5, 0.6) is 17.2 Å². The fraction of sp³-hybridized carbons (Fsp3) is 0.409. The summed E-state index contributed by atoms with van der Waals surface area (Å²) in [6.07, 6.45) is 0. The molecule has 0 unspecified atom stereocenters.